The molecule has 0 bridgehead atoms. The Morgan fingerprint density at radius 3 is 1.43 bits per heavy atom. The summed E-state index contributed by atoms with van der Waals surface area (Å²) >= 11 is 0. The fourth-order valence-electron chi connectivity index (χ4n) is 8.72. The van der Waals surface area contributed by atoms with Gasteiger partial charge in [0.2, 0.25) is 0 Å². The van der Waals surface area contributed by atoms with Crippen molar-refractivity contribution in [2.24, 2.45) is 0 Å². The Hall–Kier alpha value is -7.94. The second-order valence-electron chi connectivity index (χ2n) is 15.3. The minimum Gasteiger partial charge on any atom is -0.455 e. The molecule has 11 aromatic rings. The number of nitrogens with zero attached hydrogens (tertiary/aromatic N) is 1. The van der Waals surface area contributed by atoms with E-state index in [1.807, 2.05) is 12.1 Å². The summed E-state index contributed by atoms with van der Waals surface area (Å²) in [6.45, 7) is 0. The minimum atomic E-state index is 0.905. The van der Waals surface area contributed by atoms with E-state index in [4.69, 9.17) is 4.42 Å². The molecule has 2 nitrogen and oxygen atoms in total. The molecule has 0 aliphatic rings. The lowest BCUT2D eigenvalue weighted by Gasteiger charge is -2.26. The molecule has 11 rings (SSSR count). The first-order valence-corrected chi connectivity index (χ1v) is 20.5. The van der Waals surface area contributed by atoms with E-state index in [0.717, 1.165) is 55.7 Å². The first-order valence-electron chi connectivity index (χ1n) is 20.5. The number of fused-ring (bicyclic) bond motifs is 4. The van der Waals surface area contributed by atoms with Crippen molar-refractivity contribution in [3.63, 3.8) is 0 Å². The van der Waals surface area contributed by atoms with E-state index in [2.05, 4.69) is 229 Å². The number of para-hydroxylation sites is 2. The highest BCUT2D eigenvalue weighted by molar-refractivity contribution is 6.09. The fraction of sp³-hybridized carbons (Fsp3) is 0. The summed E-state index contributed by atoms with van der Waals surface area (Å²) in [5.74, 6) is 0. The van der Waals surface area contributed by atoms with Gasteiger partial charge in [0.25, 0.3) is 0 Å². The summed E-state index contributed by atoms with van der Waals surface area (Å²) in [5, 5.41) is 4.76. The van der Waals surface area contributed by atoms with E-state index in [0.29, 0.717) is 0 Å². The molecule has 0 saturated carbocycles. The molecule has 0 unspecified atom stereocenters. The topological polar surface area (TPSA) is 16.4 Å². The zero-order chi connectivity index (χ0) is 39.8. The number of rotatable bonds is 8. The zero-order valence-corrected chi connectivity index (χ0v) is 32.9. The van der Waals surface area contributed by atoms with Gasteiger partial charge in [0.05, 0.1) is 0 Å². The smallest absolute Gasteiger partial charge is 0.143 e. The number of anilines is 3. The third kappa shape index (κ3) is 6.41. The van der Waals surface area contributed by atoms with Crippen LogP contribution in [0.15, 0.2) is 241 Å². The van der Waals surface area contributed by atoms with Crippen LogP contribution < -0.4 is 4.90 Å². The van der Waals surface area contributed by atoms with Crippen molar-refractivity contribution in [2.75, 3.05) is 4.90 Å². The molecule has 0 aliphatic carbocycles. The van der Waals surface area contributed by atoms with Gasteiger partial charge in [0.1, 0.15) is 11.2 Å². The van der Waals surface area contributed by atoms with E-state index in [1.165, 1.54) is 49.7 Å². The van der Waals surface area contributed by atoms with E-state index >= 15 is 0 Å². The summed E-state index contributed by atoms with van der Waals surface area (Å²) in [6, 6.07) is 84.8. The summed E-state index contributed by atoms with van der Waals surface area (Å²) in [7, 11) is 0. The average Bonchev–Trinajstić information content (AvgIpc) is 3.72. The van der Waals surface area contributed by atoms with Crippen molar-refractivity contribution in [3.8, 4) is 55.6 Å². The number of furan rings is 1. The third-order valence-corrected chi connectivity index (χ3v) is 11.7. The molecule has 0 N–H and O–H groups in total. The Labute approximate surface area is 349 Å². The van der Waals surface area contributed by atoms with Crippen LogP contribution in [0.3, 0.4) is 0 Å². The van der Waals surface area contributed by atoms with Crippen molar-refractivity contribution in [1.82, 2.24) is 0 Å². The van der Waals surface area contributed by atoms with Crippen LogP contribution in [0, 0.1) is 0 Å². The second kappa shape index (κ2) is 15.1. The van der Waals surface area contributed by atoms with Gasteiger partial charge in [0.15, 0.2) is 0 Å². The van der Waals surface area contributed by atoms with E-state index < -0.39 is 0 Å². The molecular weight excluding hydrogens is 727 g/mol. The van der Waals surface area contributed by atoms with Crippen molar-refractivity contribution in [2.45, 2.75) is 0 Å². The van der Waals surface area contributed by atoms with E-state index in [9.17, 15) is 0 Å². The van der Waals surface area contributed by atoms with Crippen molar-refractivity contribution in [1.29, 1.82) is 0 Å². The monoisotopic (exact) mass is 765 g/mol. The van der Waals surface area contributed by atoms with E-state index in [-0.39, 0.29) is 0 Å². The lowest BCUT2D eigenvalue weighted by Crippen LogP contribution is -2.09. The van der Waals surface area contributed by atoms with E-state index in [1.54, 1.807) is 0 Å². The minimum absolute atomic E-state index is 0.905. The molecule has 10 aromatic carbocycles. The molecule has 282 valence electrons. The van der Waals surface area contributed by atoms with Gasteiger partial charge in [-0.1, -0.05) is 188 Å². The van der Waals surface area contributed by atoms with Gasteiger partial charge in [-0.25, -0.2) is 0 Å². The van der Waals surface area contributed by atoms with Gasteiger partial charge < -0.3 is 9.32 Å². The zero-order valence-electron chi connectivity index (χ0n) is 32.9. The number of hydrogen-bond acceptors (Lipinski definition) is 2. The highest BCUT2D eigenvalue weighted by Crippen LogP contribution is 2.42. The van der Waals surface area contributed by atoms with Gasteiger partial charge in [-0.15, -0.1) is 0 Å². The summed E-state index contributed by atoms with van der Waals surface area (Å²) in [4.78, 5) is 2.34. The predicted molar refractivity (Wildman–Crippen MR) is 253 cm³/mol. The lowest BCUT2D eigenvalue weighted by molar-refractivity contribution is 0.670. The molecular formula is C58H39NO. The Kier molecular flexibility index (Phi) is 8.87. The summed E-state index contributed by atoms with van der Waals surface area (Å²) in [6.07, 6.45) is 0. The lowest BCUT2D eigenvalue weighted by atomic mass is 9.89. The highest BCUT2D eigenvalue weighted by Gasteiger charge is 2.17. The van der Waals surface area contributed by atoms with Gasteiger partial charge in [0, 0.05) is 33.4 Å². The van der Waals surface area contributed by atoms with Crippen molar-refractivity contribution >= 4 is 49.8 Å². The summed E-state index contributed by atoms with van der Waals surface area (Å²) < 4.78 is 6.42. The number of benzene rings is 10. The van der Waals surface area contributed by atoms with Crippen LogP contribution in [0.25, 0.3) is 88.3 Å². The summed E-state index contributed by atoms with van der Waals surface area (Å²) in [5.41, 5.74) is 16.8. The van der Waals surface area contributed by atoms with Gasteiger partial charge in [-0.2, -0.15) is 0 Å². The van der Waals surface area contributed by atoms with Gasteiger partial charge in [-0.05, 0) is 109 Å². The normalized spacial score (nSPS) is 11.3. The largest absolute Gasteiger partial charge is 0.455 e. The van der Waals surface area contributed by atoms with Crippen LogP contribution in [0.4, 0.5) is 17.1 Å². The van der Waals surface area contributed by atoms with Crippen LogP contribution in [0.1, 0.15) is 0 Å². The molecule has 2 heteroatoms. The quantitative estimate of drug-likeness (QED) is 0.153. The van der Waals surface area contributed by atoms with Crippen molar-refractivity contribution in [3.05, 3.63) is 237 Å². The standard InChI is InChI=1S/C58H39NO/c1-3-13-40(14-4-1)41-25-32-47(33-26-41)59(49-36-29-45(30-37-49)51-21-12-23-55-54-20-9-10-24-57(54)60-58(51)55)48-34-27-42(28-35-48)46-31-38-53(56(39-46)44-15-5-2-6-16-44)52-22-11-18-43-17-7-8-19-50(43)52/h1-39H. The Balaban J connectivity index is 0.983. The van der Waals surface area contributed by atoms with Crippen LogP contribution in [0.5, 0.6) is 0 Å². The molecule has 1 heterocycles. The van der Waals surface area contributed by atoms with Crippen molar-refractivity contribution < 1.29 is 4.42 Å². The number of hydrogen-bond donors (Lipinski definition) is 0. The highest BCUT2D eigenvalue weighted by atomic mass is 16.3. The van der Waals surface area contributed by atoms with Crippen LogP contribution in [-0.4, -0.2) is 0 Å². The molecule has 0 amide bonds. The maximum absolute atomic E-state index is 6.42. The maximum Gasteiger partial charge on any atom is 0.143 e. The average molecular weight is 766 g/mol. The van der Waals surface area contributed by atoms with Crippen LogP contribution in [0.2, 0.25) is 0 Å². The molecule has 0 radical (unpaired) electrons. The van der Waals surface area contributed by atoms with Crippen LogP contribution >= 0.6 is 0 Å². The fourth-order valence-corrected chi connectivity index (χ4v) is 8.72. The van der Waals surface area contributed by atoms with Crippen LogP contribution in [-0.2, 0) is 0 Å². The Morgan fingerprint density at radius 2 is 0.733 bits per heavy atom. The molecule has 0 saturated heterocycles. The molecule has 1 aromatic heterocycles. The van der Waals surface area contributed by atoms with Gasteiger partial charge >= 0.3 is 0 Å². The molecule has 0 aliphatic heterocycles. The first kappa shape index (κ1) is 35.2. The Morgan fingerprint density at radius 1 is 0.267 bits per heavy atom. The predicted octanol–water partition coefficient (Wildman–Crippen LogP) is 16.5. The second-order valence-corrected chi connectivity index (χ2v) is 15.3. The molecule has 0 spiro atoms. The molecule has 0 fully saturated rings. The SMILES string of the molecule is c1ccc(-c2ccc(N(c3ccc(-c4ccc(-c5cccc6ccccc56)c(-c5ccccc5)c4)cc3)c3ccc(-c4cccc5c4oc4ccccc45)cc3)cc2)cc1. The Bertz CT molecular complexity index is 3270. The molecule has 60 heavy (non-hydrogen) atoms. The maximum atomic E-state index is 6.42. The molecule has 0 atom stereocenters. The first-order chi connectivity index (χ1) is 29.7. The third-order valence-electron chi connectivity index (χ3n) is 11.7. The van der Waals surface area contributed by atoms with Gasteiger partial charge in [-0.3, -0.25) is 0 Å².